The van der Waals surface area contributed by atoms with Gasteiger partial charge in [0.1, 0.15) is 11.8 Å². The second-order valence-electron chi connectivity index (χ2n) is 5.68. The molecule has 1 aromatic heterocycles. The van der Waals surface area contributed by atoms with Crippen LogP contribution in [-0.4, -0.2) is 21.7 Å². The summed E-state index contributed by atoms with van der Waals surface area (Å²) in [7, 11) is 1.95. The monoisotopic (exact) mass is 260 g/mol. The Balaban J connectivity index is 2.04. The Labute approximate surface area is 116 Å². The lowest BCUT2D eigenvalue weighted by Crippen LogP contribution is -2.51. The highest BCUT2D eigenvalue weighted by Crippen LogP contribution is 2.21. The molecule has 19 heavy (non-hydrogen) atoms. The third-order valence-electron chi connectivity index (χ3n) is 4.40. The summed E-state index contributed by atoms with van der Waals surface area (Å²) in [5.74, 6) is 0. The number of hydrogen-bond acceptors (Lipinski definition) is 3. The summed E-state index contributed by atoms with van der Waals surface area (Å²) in [5, 5.41) is 11.4. The van der Waals surface area contributed by atoms with Gasteiger partial charge < -0.3 is 4.57 Å². The molecule has 0 saturated carbocycles. The molecule has 2 rings (SSSR count). The number of piperidine rings is 1. The Morgan fingerprint density at radius 2 is 2.00 bits per heavy atom. The lowest BCUT2D eigenvalue weighted by molar-refractivity contribution is 0.0435. The van der Waals surface area contributed by atoms with Crippen molar-refractivity contribution in [1.82, 2.24) is 15.0 Å². The predicted octanol–water partition coefficient (Wildman–Crippen LogP) is 2.47. The first-order valence-corrected chi connectivity index (χ1v) is 7.11. The van der Waals surface area contributed by atoms with Gasteiger partial charge in [-0.2, -0.15) is 5.26 Å². The molecular weight excluding hydrogens is 236 g/mol. The molecule has 0 amide bonds. The number of nitrogens with one attached hydrogen (secondary N) is 1. The number of nitrogens with zero attached hydrogens (tertiary/aromatic N) is 3. The van der Waals surface area contributed by atoms with Crippen LogP contribution in [0, 0.1) is 18.3 Å². The standard InChI is InChI=1S/C15H24N4/c1-11-6-5-7-12(2)19(11)17-10-14-8-15(9-16)18(4)13(14)3/h8,11-12,17H,5-7,10H2,1-4H3. The summed E-state index contributed by atoms with van der Waals surface area (Å²) in [6.45, 7) is 7.43. The average molecular weight is 260 g/mol. The van der Waals surface area contributed by atoms with Crippen molar-refractivity contribution in [3.63, 3.8) is 0 Å². The van der Waals surface area contributed by atoms with E-state index in [2.05, 4.69) is 37.3 Å². The molecule has 0 aromatic carbocycles. The van der Waals surface area contributed by atoms with Crippen molar-refractivity contribution in [1.29, 1.82) is 5.26 Å². The van der Waals surface area contributed by atoms with Crippen LogP contribution in [0.25, 0.3) is 0 Å². The van der Waals surface area contributed by atoms with Gasteiger partial charge in [-0.1, -0.05) is 6.42 Å². The van der Waals surface area contributed by atoms with E-state index in [-0.39, 0.29) is 0 Å². The van der Waals surface area contributed by atoms with Gasteiger partial charge in [-0.25, -0.2) is 5.01 Å². The Morgan fingerprint density at radius 3 is 2.53 bits per heavy atom. The third kappa shape index (κ3) is 2.83. The number of rotatable bonds is 3. The molecule has 1 saturated heterocycles. The Kier molecular flexibility index (Phi) is 4.28. The number of hydrazine groups is 1. The summed E-state index contributed by atoms with van der Waals surface area (Å²) in [5.41, 5.74) is 6.66. The van der Waals surface area contributed by atoms with E-state index in [0.29, 0.717) is 12.1 Å². The van der Waals surface area contributed by atoms with Crippen LogP contribution >= 0.6 is 0 Å². The van der Waals surface area contributed by atoms with Gasteiger partial charge in [0.15, 0.2) is 0 Å². The molecule has 2 atom stereocenters. The van der Waals surface area contributed by atoms with Crippen LogP contribution in [0.4, 0.5) is 0 Å². The second-order valence-corrected chi connectivity index (χ2v) is 5.68. The minimum absolute atomic E-state index is 0.586. The van der Waals surface area contributed by atoms with Gasteiger partial charge in [0, 0.05) is 31.4 Å². The highest BCUT2D eigenvalue weighted by atomic mass is 15.5. The Morgan fingerprint density at radius 1 is 1.37 bits per heavy atom. The molecule has 1 aliphatic rings. The normalized spacial score (nSPS) is 24.4. The maximum absolute atomic E-state index is 9.06. The van der Waals surface area contributed by atoms with Crippen LogP contribution in [0.2, 0.25) is 0 Å². The van der Waals surface area contributed by atoms with Gasteiger partial charge in [0.25, 0.3) is 0 Å². The van der Waals surface area contributed by atoms with E-state index in [9.17, 15) is 0 Å². The maximum atomic E-state index is 9.06. The summed E-state index contributed by atoms with van der Waals surface area (Å²) in [6.07, 6.45) is 3.84. The van der Waals surface area contributed by atoms with Crippen molar-refractivity contribution in [3.8, 4) is 6.07 Å². The minimum Gasteiger partial charge on any atom is -0.340 e. The van der Waals surface area contributed by atoms with Gasteiger partial charge >= 0.3 is 0 Å². The molecule has 1 aliphatic heterocycles. The fourth-order valence-electron chi connectivity index (χ4n) is 2.96. The number of aromatic nitrogens is 1. The molecule has 2 unspecified atom stereocenters. The molecule has 1 fully saturated rings. The van der Waals surface area contributed by atoms with E-state index in [1.807, 2.05) is 17.7 Å². The highest BCUT2D eigenvalue weighted by molar-refractivity contribution is 5.33. The van der Waals surface area contributed by atoms with Crippen molar-refractivity contribution < 1.29 is 0 Å². The molecule has 1 N–H and O–H groups in total. The molecule has 0 radical (unpaired) electrons. The zero-order valence-electron chi connectivity index (χ0n) is 12.4. The molecule has 4 nitrogen and oxygen atoms in total. The number of nitriles is 1. The van der Waals surface area contributed by atoms with Crippen LogP contribution in [0.3, 0.4) is 0 Å². The van der Waals surface area contributed by atoms with Crippen LogP contribution in [0.1, 0.15) is 50.1 Å². The van der Waals surface area contributed by atoms with Crippen molar-refractivity contribution in [2.24, 2.45) is 7.05 Å². The predicted molar refractivity (Wildman–Crippen MR) is 76.3 cm³/mol. The molecule has 2 heterocycles. The first-order chi connectivity index (χ1) is 9.04. The molecule has 0 aliphatic carbocycles. The summed E-state index contributed by atoms with van der Waals surface area (Å²) in [6, 6.07) is 5.39. The molecule has 104 valence electrons. The maximum Gasteiger partial charge on any atom is 0.120 e. The quantitative estimate of drug-likeness (QED) is 0.908. The summed E-state index contributed by atoms with van der Waals surface area (Å²) in [4.78, 5) is 0. The van der Waals surface area contributed by atoms with Crippen LogP contribution in [-0.2, 0) is 13.6 Å². The number of hydrogen-bond donors (Lipinski definition) is 1. The minimum atomic E-state index is 0.586. The van der Waals surface area contributed by atoms with E-state index < -0.39 is 0 Å². The van der Waals surface area contributed by atoms with Gasteiger partial charge in [-0.15, -0.1) is 0 Å². The fourth-order valence-corrected chi connectivity index (χ4v) is 2.96. The second kappa shape index (κ2) is 5.77. The topological polar surface area (TPSA) is 44.0 Å². The van der Waals surface area contributed by atoms with Gasteiger partial charge in [0.05, 0.1) is 0 Å². The van der Waals surface area contributed by atoms with Gasteiger partial charge in [-0.3, -0.25) is 5.43 Å². The molecular formula is C15H24N4. The fraction of sp³-hybridized carbons (Fsp3) is 0.667. The molecule has 4 heteroatoms. The van der Waals surface area contributed by atoms with Crippen molar-refractivity contribution in [2.45, 2.75) is 58.7 Å². The van der Waals surface area contributed by atoms with Gasteiger partial charge in [-0.05, 0) is 45.2 Å². The average Bonchev–Trinajstić information content (AvgIpc) is 2.66. The SMILES string of the molecule is Cc1c(CNN2C(C)CCCC2C)cc(C#N)n1C. The summed E-state index contributed by atoms with van der Waals surface area (Å²) < 4.78 is 1.96. The first-order valence-electron chi connectivity index (χ1n) is 7.11. The molecule has 1 aromatic rings. The lowest BCUT2D eigenvalue weighted by atomic mass is 10.00. The molecule has 0 spiro atoms. The first kappa shape index (κ1) is 14.1. The van der Waals surface area contributed by atoms with Crippen molar-refractivity contribution in [2.75, 3.05) is 0 Å². The largest absolute Gasteiger partial charge is 0.340 e. The van der Waals surface area contributed by atoms with Crippen LogP contribution in [0.5, 0.6) is 0 Å². The van der Waals surface area contributed by atoms with E-state index in [1.54, 1.807) is 0 Å². The van der Waals surface area contributed by atoms with E-state index in [4.69, 9.17) is 5.26 Å². The van der Waals surface area contributed by atoms with Crippen LogP contribution < -0.4 is 5.43 Å². The van der Waals surface area contributed by atoms with E-state index in [0.717, 1.165) is 12.2 Å². The van der Waals surface area contributed by atoms with E-state index >= 15 is 0 Å². The zero-order chi connectivity index (χ0) is 14.0. The lowest BCUT2D eigenvalue weighted by Gasteiger charge is -2.39. The molecule has 0 bridgehead atoms. The van der Waals surface area contributed by atoms with Gasteiger partial charge in [0.2, 0.25) is 0 Å². The van der Waals surface area contributed by atoms with Crippen molar-refractivity contribution >= 4 is 0 Å². The Hall–Kier alpha value is -1.31. The van der Waals surface area contributed by atoms with E-state index in [1.165, 1.54) is 30.5 Å². The van der Waals surface area contributed by atoms with Crippen LogP contribution in [0.15, 0.2) is 6.07 Å². The zero-order valence-corrected chi connectivity index (χ0v) is 12.4. The van der Waals surface area contributed by atoms with Crippen molar-refractivity contribution in [3.05, 3.63) is 23.0 Å². The summed E-state index contributed by atoms with van der Waals surface area (Å²) >= 11 is 0. The third-order valence-corrected chi connectivity index (χ3v) is 4.40. The Bertz CT molecular complexity index is 473. The smallest absolute Gasteiger partial charge is 0.120 e. The highest BCUT2D eigenvalue weighted by Gasteiger charge is 2.24.